The third kappa shape index (κ3) is 3.64. The summed E-state index contributed by atoms with van der Waals surface area (Å²) in [6.07, 6.45) is 5.44. The molecule has 116 valence electrons. The van der Waals surface area contributed by atoms with Crippen LogP contribution < -0.4 is 10.1 Å². The first-order chi connectivity index (χ1) is 10.7. The number of carbonyl (C=O) groups excluding carboxylic acids is 1. The van der Waals surface area contributed by atoms with Crippen LogP contribution in [0.2, 0.25) is 0 Å². The number of benzene rings is 1. The van der Waals surface area contributed by atoms with Crippen molar-refractivity contribution in [1.82, 2.24) is 10.3 Å². The van der Waals surface area contributed by atoms with E-state index in [1.807, 2.05) is 31.2 Å². The molecule has 1 amide bonds. The van der Waals surface area contributed by atoms with Crippen molar-refractivity contribution in [2.75, 3.05) is 13.7 Å². The molecule has 0 aliphatic rings. The maximum absolute atomic E-state index is 12.4. The van der Waals surface area contributed by atoms with Gasteiger partial charge in [-0.05, 0) is 36.6 Å². The van der Waals surface area contributed by atoms with E-state index in [-0.39, 0.29) is 5.91 Å². The zero-order chi connectivity index (χ0) is 15.9. The molecule has 0 radical (unpaired) electrons. The molecule has 2 aromatic rings. The number of ether oxygens (including phenoxy) is 1. The smallest absolute Gasteiger partial charge is 0.253 e. The number of hydrogen-bond donors (Lipinski definition) is 1. The van der Waals surface area contributed by atoms with Crippen LogP contribution in [0.1, 0.15) is 35.7 Å². The summed E-state index contributed by atoms with van der Waals surface area (Å²) in [5.41, 5.74) is 3.50. The summed E-state index contributed by atoms with van der Waals surface area (Å²) in [5.74, 6) is 0.722. The molecular weight excluding hydrogens is 276 g/mol. The van der Waals surface area contributed by atoms with E-state index < -0.39 is 0 Å². The first-order valence-corrected chi connectivity index (χ1v) is 7.54. The second kappa shape index (κ2) is 7.59. The molecule has 4 nitrogen and oxygen atoms in total. The number of unbranched alkanes of at least 4 members (excludes halogenated alkanes) is 1. The molecule has 1 aromatic carbocycles. The Kier molecular flexibility index (Phi) is 5.53. The van der Waals surface area contributed by atoms with Crippen LogP contribution in [0.4, 0.5) is 0 Å². The quantitative estimate of drug-likeness (QED) is 0.829. The summed E-state index contributed by atoms with van der Waals surface area (Å²) in [6.45, 7) is 4.75. The Morgan fingerprint density at radius 2 is 1.95 bits per heavy atom. The summed E-state index contributed by atoms with van der Waals surface area (Å²) in [6, 6.07) is 7.72. The van der Waals surface area contributed by atoms with Crippen molar-refractivity contribution in [1.29, 1.82) is 0 Å². The molecule has 0 fully saturated rings. The molecule has 1 heterocycles. The van der Waals surface area contributed by atoms with E-state index in [4.69, 9.17) is 4.74 Å². The average Bonchev–Trinajstić information content (AvgIpc) is 2.55. The monoisotopic (exact) mass is 298 g/mol. The second-order valence-electron chi connectivity index (χ2n) is 5.22. The summed E-state index contributed by atoms with van der Waals surface area (Å²) < 4.78 is 5.19. The van der Waals surface area contributed by atoms with Gasteiger partial charge < -0.3 is 10.1 Å². The minimum atomic E-state index is -0.0736. The molecule has 0 atom stereocenters. The van der Waals surface area contributed by atoms with Crippen molar-refractivity contribution >= 4 is 5.91 Å². The Morgan fingerprint density at radius 1 is 1.23 bits per heavy atom. The lowest BCUT2D eigenvalue weighted by atomic mass is 9.97. The molecule has 0 aliphatic carbocycles. The van der Waals surface area contributed by atoms with Crippen LogP contribution in [0.25, 0.3) is 11.1 Å². The van der Waals surface area contributed by atoms with Gasteiger partial charge in [0.25, 0.3) is 5.91 Å². The first-order valence-electron chi connectivity index (χ1n) is 7.54. The lowest BCUT2D eigenvalue weighted by Crippen LogP contribution is -2.25. The zero-order valence-electron chi connectivity index (χ0n) is 13.3. The zero-order valence-corrected chi connectivity index (χ0v) is 13.3. The van der Waals surface area contributed by atoms with Crippen molar-refractivity contribution in [2.24, 2.45) is 0 Å². The normalized spacial score (nSPS) is 10.3. The van der Waals surface area contributed by atoms with E-state index in [1.165, 1.54) is 0 Å². The molecule has 0 saturated carbocycles. The SMILES string of the molecule is CCCCNC(=O)c1cncc(C)c1-c1ccc(OC)cc1. The molecular formula is C18H22N2O2. The van der Waals surface area contributed by atoms with Gasteiger partial charge in [-0.1, -0.05) is 25.5 Å². The molecule has 0 bridgehead atoms. The maximum atomic E-state index is 12.4. The van der Waals surface area contributed by atoms with Crippen LogP contribution in [0.3, 0.4) is 0 Å². The highest BCUT2D eigenvalue weighted by Crippen LogP contribution is 2.28. The van der Waals surface area contributed by atoms with Crippen LogP contribution in [0.15, 0.2) is 36.7 Å². The van der Waals surface area contributed by atoms with Gasteiger partial charge in [-0.2, -0.15) is 0 Å². The van der Waals surface area contributed by atoms with Gasteiger partial charge in [-0.15, -0.1) is 0 Å². The molecule has 0 saturated heterocycles. The molecule has 0 unspecified atom stereocenters. The van der Waals surface area contributed by atoms with Crippen LogP contribution in [0.5, 0.6) is 5.75 Å². The van der Waals surface area contributed by atoms with Gasteiger partial charge in [0.1, 0.15) is 5.75 Å². The summed E-state index contributed by atoms with van der Waals surface area (Å²) in [5, 5.41) is 2.96. The number of nitrogens with one attached hydrogen (secondary N) is 1. The van der Waals surface area contributed by atoms with E-state index in [0.29, 0.717) is 12.1 Å². The number of aryl methyl sites for hydroxylation is 1. The minimum Gasteiger partial charge on any atom is -0.497 e. The fraction of sp³-hybridized carbons (Fsp3) is 0.333. The summed E-state index contributed by atoms with van der Waals surface area (Å²) in [7, 11) is 1.64. The fourth-order valence-corrected chi connectivity index (χ4v) is 2.35. The molecule has 2 rings (SSSR count). The first kappa shape index (κ1) is 16.0. The van der Waals surface area contributed by atoms with E-state index in [9.17, 15) is 4.79 Å². The third-order valence-corrected chi connectivity index (χ3v) is 3.57. The average molecular weight is 298 g/mol. The summed E-state index contributed by atoms with van der Waals surface area (Å²) >= 11 is 0. The second-order valence-corrected chi connectivity index (χ2v) is 5.22. The molecule has 1 aromatic heterocycles. The number of amides is 1. The minimum absolute atomic E-state index is 0.0736. The molecule has 0 spiro atoms. The van der Waals surface area contributed by atoms with Crippen LogP contribution in [-0.2, 0) is 0 Å². The van der Waals surface area contributed by atoms with Crippen molar-refractivity contribution in [2.45, 2.75) is 26.7 Å². The highest BCUT2D eigenvalue weighted by atomic mass is 16.5. The number of aromatic nitrogens is 1. The lowest BCUT2D eigenvalue weighted by Gasteiger charge is -2.13. The number of carbonyl (C=O) groups is 1. The van der Waals surface area contributed by atoms with E-state index in [2.05, 4.69) is 17.2 Å². The predicted octanol–water partition coefficient (Wildman–Crippen LogP) is 3.60. The van der Waals surface area contributed by atoms with Crippen molar-refractivity contribution < 1.29 is 9.53 Å². The van der Waals surface area contributed by atoms with Crippen LogP contribution in [-0.4, -0.2) is 24.5 Å². The van der Waals surface area contributed by atoms with E-state index in [0.717, 1.165) is 35.3 Å². The van der Waals surface area contributed by atoms with Crippen molar-refractivity contribution in [3.05, 3.63) is 47.8 Å². The van der Waals surface area contributed by atoms with Crippen molar-refractivity contribution in [3.63, 3.8) is 0 Å². The summed E-state index contributed by atoms with van der Waals surface area (Å²) in [4.78, 5) is 16.6. The van der Waals surface area contributed by atoms with Gasteiger partial charge in [0.15, 0.2) is 0 Å². The van der Waals surface area contributed by atoms with Crippen LogP contribution >= 0.6 is 0 Å². The number of hydrogen-bond acceptors (Lipinski definition) is 3. The number of rotatable bonds is 6. The number of pyridine rings is 1. The Hall–Kier alpha value is -2.36. The highest BCUT2D eigenvalue weighted by molar-refractivity contribution is 6.01. The fourth-order valence-electron chi connectivity index (χ4n) is 2.35. The predicted molar refractivity (Wildman–Crippen MR) is 88.2 cm³/mol. The standard InChI is InChI=1S/C18H22N2O2/c1-4-5-10-20-18(21)16-12-19-11-13(2)17(16)14-6-8-15(22-3)9-7-14/h6-9,11-12H,4-5,10H2,1-3H3,(H,20,21). The maximum Gasteiger partial charge on any atom is 0.253 e. The number of methoxy groups -OCH3 is 1. The molecule has 0 aliphatic heterocycles. The Labute approximate surface area is 131 Å². The van der Waals surface area contributed by atoms with Gasteiger partial charge in [-0.3, -0.25) is 9.78 Å². The van der Waals surface area contributed by atoms with Crippen molar-refractivity contribution in [3.8, 4) is 16.9 Å². The molecule has 22 heavy (non-hydrogen) atoms. The topological polar surface area (TPSA) is 51.2 Å². The van der Waals surface area contributed by atoms with Crippen LogP contribution in [0, 0.1) is 6.92 Å². The van der Waals surface area contributed by atoms with Gasteiger partial charge in [0.2, 0.25) is 0 Å². The largest absolute Gasteiger partial charge is 0.497 e. The Bertz CT molecular complexity index is 636. The van der Waals surface area contributed by atoms with E-state index in [1.54, 1.807) is 19.5 Å². The Morgan fingerprint density at radius 3 is 2.59 bits per heavy atom. The van der Waals surface area contributed by atoms with Gasteiger partial charge in [0, 0.05) is 24.5 Å². The van der Waals surface area contributed by atoms with Gasteiger partial charge >= 0.3 is 0 Å². The molecule has 1 N–H and O–H groups in total. The Balaban J connectivity index is 2.35. The lowest BCUT2D eigenvalue weighted by molar-refractivity contribution is 0.0953. The van der Waals surface area contributed by atoms with Gasteiger partial charge in [0.05, 0.1) is 12.7 Å². The molecule has 4 heteroatoms. The van der Waals surface area contributed by atoms with E-state index >= 15 is 0 Å². The highest BCUT2D eigenvalue weighted by Gasteiger charge is 2.15. The third-order valence-electron chi connectivity index (χ3n) is 3.57. The van der Waals surface area contributed by atoms with Gasteiger partial charge in [-0.25, -0.2) is 0 Å². The number of nitrogens with zero attached hydrogens (tertiary/aromatic N) is 1.